The first-order chi connectivity index (χ1) is 14.0. The first kappa shape index (κ1) is 23.1. The van der Waals surface area contributed by atoms with E-state index in [1.165, 1.54) is 5.56 Å². The molecule has 2 fully saturated rings. The van der Waals surface area contributed by atoms with E-state index in [9.17, 15) is 9.59 Å². The number of nitrogens with zero attached hydrogens (tertiary/aromatic N) is 1. The Balaban J connectivity index is 0.00000256. The molecule has 2 amide bonds. The fourth-order valence-corrected chi connectivity index (χ4v) is 5.46. The number of piperidine rings is 1. The molecule has 4 rings (SSSR count). The van der Waals surface area contributed by atoms with Gasteiger partial charge >= 0.3 is 0 Å². The number of fused-ring (bicyclic) bond motifs is 1. The van der Waals surface area contributed by atoms with Crippen molar-refractivity contribution in [1.29, 1.82) is 0 Å². The highest BCUT2D eigenvalue weighted by atomic mass is 35.5. The van der Waals surface area contributed by atoms with Gasteiger partial charge in [-0.3, -0.25) is 9.59 Å². The van der Waals surface area contributed by atoms with Crippen molar-refractivity contribution in [3.05, 3.63) is 29.8 Å². The first-order valence-electron chi connectivity index (χ1n) is 11.4. The van der Waals surface area contributed by atoms with Crippen LogP contribution in [-0.4, -0.2) is 37.5 Å². The molecule has 3 atom stereocenters. The Morgan fingerprint density at radius 1 is 1.13 bits per heavy atom. The van der Waals surface area contributed by atoms with Crippen molar-refractivity contribution in [3.63, 3.8) is 0 Å². The number of anilines is 1. The third-order valence-electron chi connectivity index (χ3n) is 7.36. The SMILES string of the molecule is CC1Cc2ccccc2N1C(=O)C1CCCCC1C(=O)NCC1(C)CCNCC1.Cl. The van der Waals surface area contributed by atoms with Gasteiger partial charge in [-0.1, -0.05) is 38.0 Å². The van der Waals surface area contributed by atoms with Crippen molar-refractivity contribution in [2.45, 2.75) is 64.8 Å². The highest BCUT2D eigenvalue weighted by molar-refractivity contribution is 6.00. The Labute approximate surface area is 186 Å². The van der Waals surface area contributed by atoms with E-state index in [1.54, 1.807) is 0 Å². The summed E-state index contributed by atoms with van der Waals surface area (Å²) >= 11 is 0. The summed E-state index contributed by atoms with van der Waals surface area (Å²) in [6.45, 7) is 7.13. The zero-order chi connectivity index (χ0) is 20.4. The van der Waals surface area contributed by atoms with Gasteiger partial charge in [-0.05, 0) is 69.2 Å². The lowest BCUT2D eigenvalue weighted by atomic mass is 9.77. The molecule has 1 aromatic carbocycles. The van der Waals surface area contributed by atoms with Gasteiger partial charge in [-0.15, -0.1) is 12.4 Å². The molecule has 6 heteroatoms. The van der Waals surface area contributed by atoms with Gasteiger partial charge in [0.15, 0.2) is 0 Å². The van der Waals surface area contributed by atoms with Crippen LogP contribution in [0.5, 0.6) is 0 Å². The Morgan fingerprint density at radius 2 is 1.80 bits per heavy atom. The molecule has 1 saturated carbocycles. The maximum atomic E-state index is 13.6. The van der Waals surface area contributed by atoms with Gasteiger partial charge in [0.05, 0.1) is 5.92 Å². The molecular weight excluding hydrogens is 398 g/mol. The number of benzene rings is 1. The number of para-hydroxylation sites is 1. The highest BCUT2D eigenvalue weighted by Crippen LogP contribution is 2.38. The Morgan fingerprint density at radius 3 is 2.53 bits per heavy atom. The molecule has 1 aliphatic carbocycles. The van der Waals surface area contributed by atoms with Gasteiger partial charge in [-0.2, -0.15) is 0 Å². The Hall–Kier alpha value is -1.59. The molecule has 1 aromatic rings. The van der Waals surface area contributed by atoms with Crippen LogP contribution in [0, 0.1) is 17.3 Å². The zero-order valence-corrected chi connectivity index (χ0v) is 19.1. The summed E-state index contributed by atoms with van der Waals surface area (Å²) in [6.07, 6.45) is 6.79. The van der Waals surface area contributed by atoms with Crippen molar-refractivity contribution in [2.75, 3.05) is 24.5 Å². The number of rotatable bonds is 4. The zero-order valence-electron chi connectivity index (χ0n) is 18.3. The van der Waals surface area contributed by atoms with Gasteiger partial charge in [0, 0.05) is 24.2 Å². The maximum Gasteiger partial charge on any atom is 0.231 e. The number of amides is 2. The van der Waals surface area contributed by atoms with Crippen molar-refractivity contribution >= 4 is 29.9 Å². The Bertz CT molecular complexity index is 763. The quantitative estimate of drug-likeness (QED) is 0.761. The third-order valence-corrected chi connectivity index (χ3v) is 7.36. The van der Waals surface area contributed by atoms with Crippen molar-refractivity contribution < 1.29 is 9.59 Å². The van der Waals surface area contributed by atoms with Crippen LogP contribution in [0.25, 0.3) is 0 Å². The summed E-state index contributed by atoms with van der Waals surface area (Å²) in [5.41, 5.74) is 2.44. The molecule has 0 bridgehead atoms. The van der Waals surface area contributed by atoms with Crippen LogP contribution in [0.4, 0.5) is 5.69 Å². The molecular formula is C24H36ClN3O2. The van der Waals surface area contributed by atoms with E-state index >= 15 is 0 Å². The van der Waals surface area contributed by atoms with Crippen LogP contribution in [0.3, 0.4) is 0 Å². The van der Waals surface area contributed by atoms with E-state index in [-0.39, 0.29) is 47.5 Å². The largest absolute Gasteiger partial charge is 0.355 e. The predicted molar refractivity (Wildman–Crippen MR) is 123 cm³/mol. The molecule has 1 saturated heterocycles. The van der Waals surface area contributed by atoms with E-state index < -0.39 is 0 Å². The summed E-state index contributed by atoms with van der Waals surface area (Å²) in [5, 5.41) is 6.62. The lowest BCUT2D eigenvalue weighted by Crippen LogP contribution is -2.49. The molecule has 3 aliphatic rings. The minimum Gasteiger partial charge on any atom is -0.355 e. The van der Waals surface area contributed by atoms with Crippen LogP contribution in [0.15, 0.2) is 24.3 Å². The lowest BCUT2D eigenvalue weighted by molar-refractivity contribution is -0.135. The molecule has 30 heavy (non-hydrogen) atoms. The monoisotopic (exact) mass is 433 g/mol. The summed E-state index contributed by atoms with van der Waals surface area (Å²) < 4.78 is 0. The number of hydrogen-bond acceptors (Lipinski definition) is 3. The molecule has 3 unspecified atom stereocenters. The van der Waals surface area contributed by atoms with Gasteiger partial charge in [0.2, 0.25) is 11.8 Å². The summed E-state index contributed by atoms with van der Waals surface area (Å²) in [5.74, 6) is -0.155. The summed E-state index contributed by atoms with van der Waals surface area (Å²) in [4.78, 5) is 28.7. The molecule has 2 N–H and O–H groups in total. The number of carbonyl (C=O) groups excluding carboxylic acids is 2. The van der Waals surface area contributed by atoms with Crippen molar-refractivity contribution in [1.82, 2.24) is 10.6 Å². The second-order valence-electron chi connectivity index (χ2n) is 9.67. The highest BCUT2D eigenvalue weighted by Gasteiger charge is 2.42. The average Bonchev–Trinajstić information content (AvgIpc) is 3.08. The molecule has 0 aromatic heterocycles. The summed E-state index contributed by atoms with van der Waals surface area (Å²) in [7, 11) is 0. The van der Waals surface area contributed by atoms with Gasteiger partial charge in [-0.25, -0.2) is 0 Å². The smallest absolute Gasteiger partial charge is 0.231 e. The topological polar surface area (TPSA) is 61.4 Å². The van der Waals surface area contributed by atoms with Gasteiger partial charge in [0.1, 0.15) is 0 Å². The second kappa shape index (κ2) is 9.69. The normalized spacial score (nSPS) is 27.7. The van der Waals surface area contributed by atoms with E-state index in [4.69, 9.17) is 0 Å². The number of hydrogen-bond donors (Lipinski definition) is 2. The standard InChI is InChI=1S/C24H35N3O2.ClH/c1-17-15-18-7-3-6-10-21(18)27(17)23(29)20-9-5-4-8-19(20)22(28)26-16-24(2)11-13-25-14-12-24;/h3,6-7,10,17,19-20,25H,4-5,8-9,11-16H2,1-2H3,(H,26,28);1H. The van der Waals surface area contributed by atoms with Crippen LogP contribution < -0.4 is 15.5 Å². The van der Waals surface area contributed by atoms with E-state index in [0.717, 1.165) is 63.7 Å². The minimum atomic E-state index is -0.196. The molecule has 2 heterocycles. The van der Waals surface area contributed by atoms with Crippen LogP contribution in [0.2, 0.25) is 0 Å². The molecule has 5 nitrogen and oxygen atoms in total. The molecule has 2 aliphatic heterocycles. The third kappa shape index (κ3) is 4.67. The fraction of sp³-hybridized carbons (Fsp3) is 0.667. The van der Waals surface area contributed by atoms with Crippen molar-refractivity contribution in [3.8, 4) is 0 Å². The van der Waals surface area contributed by atoms with E-state index in [0.29, 0.717) is 6.54 Å². The number of carbonyl (C=O) groups is 2. The van der Waals surface area contributed by atoms with Crippen LogP contribution in [0.1, 0.15) is 57.9 Å². The van der Waals surface area contributed by atoms with Gasteiger partial charge in [0.25, 0.3) is 0 Å². The van der Waals surface area contributed by atoms with Crippen molar-refractivity contribution in [2.24, 2.45) is 17.3 Å². The van der Waals surface area contributed by atoms with Crippen LogP contribution >= 0.6 is 12.4 Å². The Kier molecular flexibility index (Phi) is 7.46. The van der Waals surface area contributed by atoms with E-state index in [2.05, 4.69) is 30.5 Å². The van der Waals surface area contributed by atoms with Crippen LogP contribution in [-0.2, 0) is 16.0 Å². The lowest BCUT2D eigenvalue weighted by Gasteiger charge is -2.37. The molecule has 0 radical (unpaired) electrons. The minimum absolute atomic E-state index is 0. The van der Waals surface area contributed by atoms with E-state index in [1.807, 2.05) is 23.1 Å². The average molecular weight is 434 g/mol. The fourth-order valence-electron chi connectivity index (χ4n) is 5.46. The molecule has 166 valence electrons. The maximum absolute atomic E-state index is 13.6. The van der Waals surface area contributed by atoms with Gasteiger partial charge < -0.3 is 15.5 Å². The first-order valence-corrected chi connectivity index (χ1v) is 11.4. The predicted octanol–water partition coefficient (Wildman–Crippen LogP) is 3.70. The number of nitrogens with one attached hydrogen (secondary N) is 2. The number of halogens is 1. The molecule has 0 spiro atoms. The summed E-state index contributed by atoms with van der Waals surface area (Å²) in [6, 6.07) is 8.37. The second-order valence-corrected chi connectivity index (χ2v) is 9.67.